The minimum Gasteiger partial charge on any atom is -0.327 e. The molecule has 0 saturated heterocycles. The van der Waals surface area contributed by atoms with Gasteiger partial charge in [0.05, 0.1) is 0 Å². The van der Waals surface area contributed by atoms with Crippen LogP contribution in [0.4, 0.5) is 0 Å². The number of nitrogens with two attached hydrogens (primary N) is 1. The monoisotopic (exact) mass is 209 g/mol. The molecule has 14 heavy (non-hydrogen) atoms. The van der Waals surface area contributed by atoms with E-state index in [1.165, 1.54) is 43.4 Å². The molecular weight excluding hydrogens is 190 g/mol. The SMILES string of the molecule is NC(CCCc1cccs1)C1CCC1. The van der Waals surface area contributed by atoms with Gasteiger partial charge in [-0.1, -0.05) is 12.5 Å². The Bertz CT molecular complexity index is 251. The fourth-order valence-electron chi connectivity index (χ4n) is 2.07. The molecule has 0 amide bonds. The van der Waals surface area contributed by atoms with Gasteiger partial charge in [-0.3, -0.25) is 0 Å². The molecule has 0 aromatic carbocycles. The minimum atomic E-state index is 0.476. The molecule has 1 aliphatic rings. The Kier molecular flexibility index (Phi) is 3.60. The molecule has 0 bridgehead atoms. The first-order valence-electron chi connectivity index (χ1n) is 5.64. The number of thiophene rings is 1. The van der Waals surface area contributed by atoms with Crippen LogP contribution in [-0.2, 0) is 6.42 Å². The van der Waals surface area contributed by atoms with Gasteiger partial charge >= 0.3 is 0 Å². The Morgan fingerprint density at radius 3 is 2.93 bits per heavy atom. The molecule has 2 rings (SSSR count). The molecule has 1 nitrogen and oxygen atoms in total. The van der Waals surface area contributed by atoms with E-state index in [2.05, 4.69) is 17.5 Å². The van der Waals surface area contributed by atoms with Crippen molar-refractivity contribution in [1.29, 1.82) is 0 Å². The molecule has 1 aliphatic carbocycles. The van der Waals surface area contributed by atoms with E-state index in [1.807, 2.05) is 11.3 Å². The maximum absolute atomic E-state index is 6.12. The topological polar surface area (TPSA) is 26.0 Å². The molecule has 0 aliphatic heterocycles. The quantitative estimate of drug-likeness (QED) is 0.792. The van der Waals surface area contributed by atoms with Crippen molar-refractivity contribution in [3.05, 3.63) is 22.4 Å². The summed E-state index contributed by atoms with van der Waals surface area (Å²) in [6.07, 6.45) is 7.85. The van der Waals surface area contributed by atoms with Gasteiger partial charge < -0.3 is 5.73 Å². The highest BCUT2D eigenvalue weighted by Crippen LogP contribution is 2.30. The third-order valence-electron chi connectivity index (χ3n) is 3.30. The third kappa shape index (κ3) is 2.58. The number of hydrogen-bond donors (Lipinski definition) is 1. The lowest BCUT2D eigenvalue weighted by Crippen LogP contribution is -2.34. The van der Waals surface area contributed by atoms with Gasteiger partial charge in [0.25, 0.3) is 0 Å². The molecule has 1 unspecified atom stereocenters. The van der Waals surface area contributed by atoms with Crippen molar-refractivity contribution >= 4 is 11.3 Å². The van der Waals surface area contributed by atoms with E-state index in [-0.39, 0.29) is 0 Å². The van der Waals surface area contributed by atoms with Crippen LogP contribution < -0.4 is 5.73 Å². The van der Waals surface area contributed by atoms with Gasteiger partial charge in [-0.2, -0.15) is 0 Å². The largest absolute Gasteiger partial charge is 0.327 e. The average Bonchev–Trinajstić information content (AvgIpc) is 2.53. The van der Waals surface area contributed by atoms with Gasteiger partial charge in [0.15, 0.2) is 0 Å². The Labute approximate surface area is 90.3 Å². The van der Waals surface area contributed by atoms with E-state index in [0.29, 0.717) is 6.04 Å². The first kappa shape index (κ1) is 10.2. The Hall–Kier alpha value is -0.340. The smallest absolute Gasteiger partial charge is 0.00672 e. The van der Waals surface area contributed by atoms with Gasteiger partial charge in [0, 0.05) is 10.9 Å². The Morgan fingerprint density at radius 1 is 1.50 bits per heavy atom. The van der Waals surface area contributed by atoms with E-state index < -0.39 is 0 Å². The molecule has 1 aromatic heterocycles. The third-order valence-corrected chi connectivity index (χ3v) is 4.23. The van der Waals surface area contributed by atoms with E-state index in [9.17, 15) is 0 Å². The molecule has 1 fully saturated rings. The van der Waals surface area contributed by atoms with Crippen LogP contribution in [0.2, 0.25) is 0 Å². The van der Waals surface area contributed by atoms with Crippen LogP contribution in [0.1, 0.15) is 37.0 Å². The van der Waals surface area contributed by atoms with Crippen molar-refractivity contribution < 1.29 is 0 Å². The number of aryl methyl sites for hydroxylation is 1. The molecule has 1 atom stereocenters. The van der Waals surface area contributed by atoms with Crippen LogP contribution in [0.5, 0.6) is 0 Å². The van der Waals surface area contributed by atoms with Crippen LogP contribution in [0.25, 0.3) is 0 Å². The molecule has 0 radical (unpaired) electrons. The number of hydrogen-bond acceptors (Lipinski definition) is 2. The number of rotatable bonds is 5. The normalized spacial score (nSPS) is 19.2. The predicted molar refractivity (Wildman–Crippen MR) is 62.6 cm³/mol. The molecule has 2 N–H and O–H groups in total. The van der Waals surface area contributed by atoms with Crippen molar-refractivity contribution in [2.75, 3.05) is 0 Å². The van der Waals surface area contributed by atoms with Crippen molar-refractivity contribution in [2.24, 2.45) is 11.7 Å². The molecule has 78 valence electrons. The van der Waals surface area contributed by atoms with Crippen LogP contribution in [0.3, 0.4) is 0 Å². The van der Waals surface area contributed by atoms with Gasteiger partial charge in [-0.25, -0.2) is 0 Å². The molecule has 1 heterocycles. The van der Waals surface area contributed by atoms with Crippen LogP contribution >= 0.6 is 11.3 Å². The van der Waals surface area contributed by atoms with Gasteiger partial charge in [-0.15, -0.1) is 11.3 Å². The molecular formula is C12H19NS. The summed E-state index contributed by atoms with van der Waals surface area (Å²) < 4.78 is 0. The van der Waals surface area contributed by atoms with Crippen LogP contribution in [-0.4, -0.2) is 6.04 Å². The summed E-state index contributed by atoms with van der Waals surface area (Å²) in [4.78, 5) is 1.51. The summed E-state index contributed by atoms with van der Waals surface area (Å²) in [6, 6.07) is 4.83. The lowest BCUT2D eigenvalue weighted by atomic mass is 9.78. The van der Waals surface area contributed by atoms with Crippen molar-refractivity contribution in [3.63, 3.8) is 0 Å². The van der Waals surface area contributed by atoms with Crippen molar-refractivity contribution in [2.45, 2.75) is 44.6 Å². The molecule has 2 heteroatoms. The zero-order chi connectivity index (χ0) is 9.80. The minimum absolute atomic E-state index is 0.476. The highest BCUT2D eigenvalue weighted by Gasteiger charge is 2.23. The predicted octanol–water partition coefficient (Wildman–Crippen LogP) is 3.20. The summed E-state index contributed by atoms with van der Waals surface area (Å²) in [5.41, 5.74) is 6.12. The van der Waals surface area contributed by atoms with Crippen molar-refractivity contribution in [1.82, 2.24) is 0 Å². The lowest BCUT2D eigenvalue weighted by Gasteiger charge is -2.31. The zero-order valence-corrected chi connectivity index (χ0v) is 9.43. The van der Waals surface area contributed by atoms with Gasteiger partial charge in [-0.05, 0) is 49.5 Å². The summed E-state index contributed by atoms with van der Waals surface area (Å²) in [5.74, 6) is 0.846. The van der Waals surface area contributed by atoms with Crippen molar-refractivity contribution in [3.8, 4) is 0 Å². The van der Waals surface area contributed by atoms with E-state index in [4.69, 9.17) is 5.73 Å². The highest BCUT2D eigenvalue weighted by molar-refractivity contribution is 7.09. The van der Waals surface area contributed by atoms with Crippen LogP contribution in [0, 0.1) is 5.92 Å². The molecule has 1 saturated carbocycles. The second-order valence-corrected chi connectivity index (χ2v) is 5.36. The first-order chi connectivity index (χ1) is 6.86. The highest BCUT2D eigenvalue weighted by atomic mass is 32.1. The average molecular weight is 209 g/mol. The standard InChI is InChI=1S/C12H19NS/c13-12(10-4-1-5-10)8-2-6-11-7-3-9-14-11/h3,7,9-10,12H,1-2,4-6,8,13H2. The first-order valence-corrected chi connectivity index (χ1v) is 6.52. The Balaban J connectivity index is 1.62. The zero-order valence-electron chi connectivity index (χ0n) is 8.61. The molecule has 0 spiro atoms. The summed E-state index contributed by atoms with van der Waals surface area (Å²) >= 11 is 1.86. The maximum Gasteiger partial charge on any atom is 0.00672 e. The van der Waals surface area contributed by atoms with E-state index >= 15 is 0 Å². The van der Waals surface area contributed by atoms with E-state index in [0.717, 1.165) is 5.92 Å². The molecule has 1 aromatic rings. The fourth-order valence-corrected chi connectivity index (χ4v) is 2.82. The Morgan fingerprint density at radius 2 is 2.36 bits per heavy atom. The fraction of sp³-hybridized carbons (Fsp3) is 0.667. The summed E-state index contributed by atoms with van der Waals surface area (Å²) in [7, 11) is 0. The maximum atomic E-state index is 6.12. The lowest BCUT2D eigenvalue weighted by molar-refractivity contribution is 0.250. The second kappa shape index (κ2) is 4.94. The van der Waals surface area contributed by atoms with E-state index in [1.54, 1.807) is 0 Å². The van der Waals surface area contributed by atoms with Gasteiger partial charge in [0.1, 0.15) is 0 Å². The summed E-state index contributed by atoms with van der Waals surface area (Å²) in [6.45, 7) is 0. The van der Waals surface area contributed by atoms with Gasteiger partial charge in [0.2, 0.25) is 0 Å². The van der Waals surface area contributed by atoms with Crippen LogP contribution in [0.15, 0.2) is 17.5 Å². The summed E-state index contributed by atoms with van der Waals surface area (Å²) in [5, 5.41) is 2.15. The second-order valence-electron chi connectivity index (χ2n) is 4.33.